The number of hydrogen-bond donors (Lipinski definition) is 0. The van der Waals surface area contributed by atoms with Crippen LogP contribution >= 0.6 is 0 Å². The molecular formula is C52H37N3. The van der Waals surface area contributed by atoms with Crippen molar-refractivity contribution >= 4 is 50.7 Å². The molecule has 0 bridgehead atoms. The molecule has 0 amide bonds. The maximum absolute atomic E-state index is 5.12. The highest BCUT2D eigenvalue weighted by Gasteiger charge is 2.22. The predicted octanol–water partition coefficient (Wildman–Crippen LogP) is 13.2. The minimum atomic E-state index is 0.478. The lowest BCUT2D eigenvalue weighted by atomic mass is 9.81. The monoisotopic (exact) mass is 703 g/mol. The van der Waals surface area contributed by atoms with Crippen molar-refractivity contribution in [2.24, 2.45) is 15.0 Å². The van der Waals surface area contributed by atoms with Crippen molar-refractivity contribution in [3.05, 3.63) is 217 Å². The Morgan fingerprint density at radius 2 is 0.909 bits per heavy atom. The molecule has 0 unspecified atom stereocenters. The molecule has 260 valence electrons. The molecule has 0 atom stereocenters. The third-order valence-electron chi connectivity index (χ3n) is 10.2. The Hall–Kier alpha value is -7.23. The Morgan fingerprint density at radius 3 is 1.55 bits per heavy atom. The van der Waals surface area contributed by atoms with Crippen molar-refractivity contribution in [1.82, 2.24) is 0 Å². The lowest BCUT2D eigenvalue weighted by molar-refractivity contribution is 1.06. The van der Waals surface area contributed by atoms with E-state index in [2.05, 4.69) is 163 Å². The summed E-state index contributed by atoms with van der Waals surface area (Å²) in [4.78, 5) is 14.6. The first-order valence-electron chi connectivity index (χ1n) is 18.6. The Balaban J connectivity index is 1.36. The summed E-state index contributed by atoms with van der Waals surface area (Å²) in [6.07, 6.45) is 0. The fraction of sp³-hybridized carbons (Fsp3) is 0.0192. The lowest BCUT2D eigenvalue weighted by Gasteiger charge is -2.22. The molecule has 9 aromatic rings. The molecule has 0 saturated heterocycles. The van der Waals surface area contributed by atoms with E-state index in [0.717, 1.165) is 33.4 Å². The largest absolute Gasteiger partial charge is 0.261 e. The van der Waals surface area contributed by atoms with E-state index in [1.54, 1.807) is 0 Å². The van der Waals surface area contributed by atoms with E-state index in [1.807, 2.05) is 48.5 Å². The third-order valence-corrected chi connectivity index (χ3v) is 10.2. The second-order valence-corrected chi connectivity index (χ2v) is 13.6. The number of aliphatic imine (C=N–C) groups is 3. The van der Waals surface area contributed by atoms with E-state index in [0.29, 0.717) is 18.2 Å². The fourth-order valence-corrected chi connectivity index (χ4v) is 7.73. The number of fused-ring (bicyclic) bond motifs is 6. The van der Waals surface area contributed by atoms with Gasteiger partial charge >= 0.3 is 0 Å². The first-order valence-corrected chi connectivity index (χ1v) is 18.6. The molecule has 0 heterocycles. The van der Waals surface area contributed by atoms with Gasteiger partial charge in [-0.15, -0.1) is 0 Å². The molecule has 9 rings (SSSR count). The molecule has 55 heavy (non-hydrogen) atoms. The van der Waals surface area contributed by atoms with Gasteiger partial charge in [-0.1, -0.05) is 188 Å². The van der Waals surface area contributed by atoms with Crippen molar-refractivity contribution in [3.8, 4) is 33.4 Å². The van der Waals surface area contributed by atoms with E-state index in [-0.39, 0.29) is 0 Å². The van der Waals surface area contributed by atoms with Crippen LogP contribution in [-0.2, 0) is 6.54 Å². The number of hydrogen-bond acceptors (Lipinski definition) is 1. The molecule has 0 fully saturated rings. The summed E-state index contributed by atoms with van der Waals surface area (Å²) in [5.41, 5.74) is 9.80. The zero-order valence-corrected chi connectivity index (χ0v) is 30.3. The molecule has 0 aliphatic rings. The van der Waals surface area contributed by atoms with Crippen LogP contribution in [0.4, 0.5) is 0 Å². The minimum absolute atomic E-state index is 0.478. The van der Waals surface area contributed by atoms with E-state index >= 15 is 0 Å². The number of amidine groups is 2. The Labute approximate surface area is 321 Å². The Bertz CT molecular complexity index is 2880. The van der Waals surface area contributed by atoms with E-state index < -0.39 is 0 Å². The van der Waals surface area contributed by atoms with Crippen LogP contribution in [0.15, 0.2) is 215 Å². The lowest BCUT2D eigenvalue weighted by Crippen LogP contribution is -2.06. The summed E-state index contributed by atoms with van der Waals surface area (Å²) in [6, 6.07) is 70.5. The van der Waals surface area contributed by atoms with Gasteiger partial charge in [-0.2, -0.15) is 0 Å². The van der Waals surface area contributed by atoms with Crippen LogP contribution in [0, 0.1) is 0 Å². The molecule has 0 aliphatic carbocycles. The molecule has 3 heteroatoms. The maximum atomic E-state index is 5.12. The van der Waals surface area contributed by atoms with Crippen LogP contribution in [0.5, 0.6) is 0 Å². The summed E-state index contributed by atoms with van der Waals surface area (Å²) >= 11 is 0. The van der Waals surface area contributed by atoms with Gasteiger partial charge in [0.2, 0.25) is 0 Å². The second kappa shape index (κ2) is 15.0. The first-order chi connectivity index (χ1) is 27.3. The van der Waals surface area contributed by atoms with Crippen LogP contribution in [0.2, 0.25) is 0 Å². The highest BCUT2D eigenvalue weighted by molar-refractivity contribution is 6.33. The molecule has 0 N–H and O–H groups in total. The van der Waals surface area contributed by atoms with E-state index in [9.17, 15) is 0 Å². The molecule has 0 saturated carbocycles. The van der Waals surface area contributed by atoms with Gasteiger partial charge in [0, 0.05) is 11.1 Å². The molecule has 0 radical (unpaired) electrons. The Morgan fingerprint density at radius 1 is 0.400 bits per heavy atom. The first kappa shape index (κ1) is 33.6. The van der Waals surface area contributed by atoms with Crippen LogP contribution in [0.3, 0.4) is 0 Å². The highest BCUT2D eigenvalue weighted by atomic mass is 15.0. The normalized spacial score (nSPS) is 12.0. The van der Waals surface area contributed by atoms with Crippen molar-refractivity contribution in [3.63, 3.8) is 0 Å². The SMILES string of the molecule is C=NC(=NC(=NCc1ccccc1)c1cccc(-c2cc(-c3ccccc3)c3c4ccccc4c4ccccc4c3c2-c2ccccc2)c1)c1ccccc1. The summed E-state index contributed by atoms with van der Waals surface area (Å²) < 4.78 is 0. The van der Waals surface area contributed by atoms with Crippen LogP contribution in [-0.4, -0.2) is 18.4 Å². The van der Waals surface area contributed by atoms with Gasteiger partial charge in [0.25, 0.3) is 0 Å². The van der Waals surface area contributed by atoms with E-state index in [4.69, 9.17) is 9.98 Å². The van der Waals surface area contributed by atoms with Crippen LogP contribution in [0.1, 0.15) is 16.7 Å². The van der Waals surface area contributed by atoms with E-state index in [1.165, 1.54) is 49.0 Å². The molecule has 3 nitrogen and oxygen atoms in total. The third kappa shape index (κ3) is 6.53. The predicted molar refractivity (Wildman–Crippen MR) is 234 cm³/mol. The second-order valence-electron chi connectivity index (χ2n) is 13.6. The molecule has 0 aliphatic heterocycles. The number of benzene rings is 9. The van der Waals surface area contributed by atoms with Gasteiger partial charge < -0.3 is 0 Å². The van der Waals surface area contributed by atoms with Gasteiger partial charge in [-0.25, -0.2) is 9.98 Å². The number of rotatable bonds is 7. The van der Waals surface area contributed by atoms with Gasteiger partial charge in [0.15, 0.2) is 11.7 Å². The number of nitrogens with zero attached hydrogens (tertiary/aromatic N) is 3. The minimum Gasteiger partial charge on any atom is -0.261 e. The summed E-state index contributed by atoms with van der Waals surface area (Å²) in [7, 11) is 0. The van der Waals surface area contributed by atoms with Crippen LogP contribution < -0.4 is 0 Å². The van der Waals surface area contributed by atoms with Crippen molar-refractivity contribution < 1.29 is 0 Å². The molecule has 0 aromatic heterocycles. The molecule has 9 aromatic carbocycles. The quantitative estimate of drug-likeness (QED) is 0.0900. The fourth-order valence-electron chi connectivity index (χ4n) is 7.73. The molecule has 0 spiro atoms. The molecular weight excluding hydrogens is 667 g/mol. The summed E-state index contributed by atoms with van der Waals surface area (Å²) in [5.74, 6) is 1.12. The van der Waals surface area contributed by atoms with Crippen molar-refractivity contribution in [2.75, 3.05) is 0 Å². The zero-order chi connectivity index (χ0) is 37.0. The Kier molecular flexibility index (Phi) is 9.17. The maximum Gasteiger partial charge on any atom is 0.161 e. The average Bonchev–Trinajstić information content (AvgIpc) is 3.27. The zero-order valence-electron chi connectivity index (χ0n) is 30.3. The van der Waals surface area contributed by atoms with Gasteiger partial charge in [-0.3, -0.25) is 4.99 Å². The van der Waals surface area contributed by atoms with Gasteiger partial charge in [-0.05, 0) is 90.1 Å². The summed E-state index contributed by atoms with van der Waals surface area (Å²) in [5, 5.41) is 7.44. The van der Waals surface area contributed by atoms with Gasteiger partial charge in [0.05, 0.1) is 6.54 Å². The van der Waals surface area contributed by atoms with Gasteiger partial charge in [0.1, 0.15) is 0 Å². The van der Waals surface area contributed by atoms with Crippen LogP contribution in [0.25, 0.3) is 65.7 Å². The average molecular weight is 704 g/mol. The highest BCUT2D eigenvalue weighted by Crippen LogP contribution is 2.49. The summed E-state index contributed by atoms with van der Waals surface area (Å²) in [6.45, 7) is 4.37. The smallest absolute Gasteiger partial charge is 0.161 e. The van der Waals surface area contributed by atoms with Crippen molar-refractivity contribution in [1.29, 1.82) is 0 Å². The standard InChI is InChI=1S/C52H37N3/c1-53-51(39-25-12-5-13-26-39)55-52(54-35-36-19-6-2-7-20-36)41-28-18-27-40(33-41)47-34-46(37-21-8-3-9-22-37)49-44-31-16-14-29-42(44)43-30-15-17-32-45(43)50(49)48(47)38-23-10-4-11-24-38/h2-34H,1,35H2. The van der Waals surface area contributed by atoms with Crippen molar-refractivity contribution in [2.45, 2.75) is 6.54 Å². The topological polar surface area (TPSA) is 37.1 Å².